The van der Waals surface area contributed by atoms with Gasteiger partial charge in [0.1, 0.15) is 0 Å². The molecular weight excluding hydrogens is 434 g/mol. The van der Waals surface area contributed by atoms with E-state index < -0.39 is 10.0 Å². The van der Waals surface area contributed by atoms with E-state index in [9.17, 15) is 13.2 Å². The molecule has 2 aromatic carbocycles. The van der Waals surface area contributed by atoms with Gasteiger partial charge in [0.25, 0.3) is 0 Å². The maximum Gasteiger partial charge on any atom is 0.243 e. The molecule has 1 fully saturated rings. The molecule has 1 aliphatic rings. The molecule has 0 unspecified atom stereocenters. The predicted molar refractivity (Wildman–Crippen MR) is 124 cm³/mol. The van der Waals surface area contributed by atoms with Crippen LogP contribution < -0.4 is 5.43 Å². The SMILES string of the molecule is CC(C)(C)c1ccc(/C=N\NC(=O)C2CCN(S(=O)(=O)c3ccc(Cl)cc3)CC2)cc1. The third-order valence-electron chi connectivity index (χ3n) is 5.44. The first-order valence-corrected chi connectivity index (χ1v) is 12.1. The molecule has 1 heterocycles. The van der Waals surface area contributed by atoms with Gasteiger partial charge in [-0.05, 0) is 53.6 Å². The standard InChI is InChI=1S/C23H28ClN3O3S/c1-23(2,3)19-6-4-17(5-7-19)16-25-26-22(28)18-12-14-27(15-13-18)31(29,30)21-10-8-20(24)9-11-21/h4-11,16,18H,12-15H2,1-3H3,(H,26,28)/b25-16-. The first kappa shape index (κ1) is 23.4. The molecule has 0 saturated carbocycles. The summed E-state index contributed by atoms with van der Waals surface area (Å²) in [4.78, 5) is 12.6. The summed E-state index contributed by atoms with van der Waals surface area (Å²) in [6.45, 7) is 7.05. The average molecular weight is 462 g/mol. The molecule has 1 N–H and O–H groups in total. The Labute approximate surface area is 189 Å². The summed E-state index contributed by atoms with van der Waals surface area (Å²) >= 11 is 5.84. The van der Waals surface area contributed by atoms with Crippen LogP contribution in [0.1, 0.15) is 44.7 Å². The monoisotopic (exact) mass is 461 g/mol. The molecule has 8 heteroatoms. The van der Waals surface area contributed by atoms with Crippen molar-refractivity contribution in [1.82, 2.24) is 9.73 Å². The molecule has 0 bridgehead atoms. The van der Waals surface area contributed by atoms with Crippen LogP contribution in [0.15, 0.2) is 58.5 Å². The predicted octanol–water partition coefficient (Wildman–Crippen LogP) is 4.19. The number of benzene rings is 2. The number of carbonyl (C=O) groups excluding carboxylic acids is 1. The van der Waals surface area contributed by atoms with Crippen molar-refractivity contribution in [3.8, 4) is 0 Å². The van der Waals surface area contributed by atoms with E-state index in [0.29, 0.717) is 31.0 Å². The van der Waals surface area contributed by atoms with Crippen LogP contribution in [0.25, 0.3) is 0 Å². The van der Waals surface area contributed by atoms with E-state index in [2.05, 4.69) is 43.4 Å². The lowest BCUT2D eigenvalue weighted by atomic mass is 9.87. The summed E-state index contributed by atoms with van der Waals surface area (Å²) in [5.41, 5.74) is 4.80. The molecule has 31 heavy (non-hydrogen) atoms. The lowest BCUT2D eigenvalue weighted by Crippen LogP contribution is -2.42. The second-order valence-corrected chi connectivity index (χ2v) is 11.1. The lowest BCUT2D eigenvalue weighted by Gasteiger charge is -2.30. The maximum absolute atomic E-state index is 12.7. The van der Waals surface area contributed by atoms with Gasteiger partial charge < -0.3 is 0 Å². The van der Waals surface area contributed by atoms with Gasteiger partial charge in [-0.1, -0.05) is 56.6 Å². The molecule has 0 spiro atoms. The second-order valence-electron chi connectivity index (χ2n) is 8.74. The highest BCUT2D eigenvalue weighted by Crippen LogP contribution is 2.25. The molecule has 1 amide bonds. The van der Waals surface area contributed by atoms with Crippen LogP contribution in [0.4, 0.5) is 0 Å². The minimum absolute atomic E-state index is 0.0831. The van der Waals surface area contributed by atoms with Crippen molar-refractivity contribution < 1.29 is 13.2 Å². The first-order chi connectivity index (χ1) is 14.6. The van der Waals surface area contributed by atoms with E-state index in [-0.39, 0.29) is 22.1 Å². The Morgan fingerprint density at radius 2 is 1.65 bits per heavy atom. The first-order valence-electron chi connectivity index (χ1n) is 10.3. The average Bonchev–Trinajstić information content (AvgIpc) is 2.74. The van der Waals surface area contributed by atoms with Gasteiger partial charge in [-0.15, -0.1) is 0 Å². The number of nitrogens with one attached hydrogen (secondary N) is 1. The zero-order chi connectivity index (χ0) is 22.6. The minimum Gasteiger partial charge on any atom is -0.273 e. The summed E-state index contributed by atoms with van der Waals surface area (Å²) in [5.74, 6) is -0.455. The van der Waals surface area contributed by atoms with Gasteiger partial charge in [0.15, 0.2) is 0 Å². The van der Waals surface area contributed by atoms with Crippen LogP contribution in [0.2, 0.25) is 5.02 Å². The van der Waals surface area contributed by atoms with Gasteiger partial charge in [-0.2, -0.15) is 9.41 Å². The third kappa shape index (κ3) is 5.93. The molecule has 6 nitrogen and oxygen atoms in total. The highest BCUT2D eigenvalue weighted by molar-refractivity contribution is 7.89. The number of piperidine rings is 1. The molecule has 1 aliphatic heterocycles. The number of amides is 1. The van der Waals surface area contributed by atoms with E-state index in [1.807, 2.05) is 12.1 Å². The molecule has 3 rings (SSSR count). The largest absolute Gasteiger partial charge is 0.273 e. The van der Waals surface area contributed by atoms with Gasteiger partial charge in [0, 0.05) is 24.0 Å². The molecule has 0 radical (unpaired) electrons. The van der Waals surface area contributed by atoms with Crippen molar-refractivity contribution in [3.05, 3.63) is 64.7 Å². The zero-order valence-corrected chi connectivity index (χ0v) is 19.6. The molecule has 0 aliphatic carbocycles. The molecule has 2 aromatic rings. The number of hydrogen-bond acceptors (Lipinski definition) is 4. The Bertz CT molecular complexity index is 1030. The summed E-state index contributed by atoms with van der Waals surface area (Å²) in [6, 6.07) is 14.2. The summed E-state index contributed by atoms with van der Waals surface area (Å²) in [5, 5.41) is 4.55. The fourth-order valence-corrected chi connectivity index (χ4v) is 5.04. The summed E-state index contributed by atoms with van der Waals surface area (Å²) < 4.78 is 26.9. The number of hydrazone groups is 1. The third-order valence-corrected chi connectivity index (χ3v) is 7.61. The van der Waals surface area contributed by atoms with Crippen molar-refractivity contribution in [3.63, 3.8) is 0 Å². The Morgan fingerprint density at radius 1 is 1.06 bits per heavy atom. The van der Waals surface area contributed by atoms with Crippen molar-refractivity contribution >= 4 is 33.7 Å². The minimum atomic E-state index is -3.58. The Balaban J connectivity index is 1.52. The smallest absolute Gasteiger partial charge is 0.243 e. The van der Waals surface area contributed by atoms with Crippen LogP contribution in [-0.2, 0) is 20.2 Å². The van der Waals surface area contributed by atoms with Crippen LogP contribution >= 0.6 is 11.6 Å². The van der Waals surface area contributed by atoms with Crippen LogP contribution in [-0.4, -0.2) is 37.9 Å². The van der Waals surface area contributed by atoms with Crippen molar-refractivity contribution in [2.75, 3.05) is 13.1 Å². The van der Waals surface area contributed by atoms with E-state index in [1.54, 1.807) is 18.3 Å². The maximum atomic E-state index is 12.7. The zero-order valence-electron chi connectivity index (χ0n) is 18.0. The quantitative estimate of drug-likeness (QED) is 0.535. The summed E-state index contributed by atoms with van der Waals surface area (Å²) in [7, 11) is -3.58. The van der Waals surface area contributed by atoms with Crippen molar-refractivity contribution in [2.45, 2.75) is 43.9 Å². The molecule has 0 atom stereocenters. The molecular formula is C23H28ClN3O3S. The number of sulfonamides is 1. The number of halogens is 1. The summed E-state index contributed by atoms with van der Waals surface area (Å²) in [6.07, 6.45) is 2.52. The van der Waals surface area contributed by atoms with E-state index in [0.717, 1.165) is 5.56 Å². The van der Waals surface area contributed by atoms with E-state index >= 15 is 0 Å². The van der Waals surface area contributed by atoms with Gasteiger partial charge >= 0.3 is 0 Å². The highest BCUT2D eigenvalue weighted by Gasteiger charge is 2.32. The fourth-order valence-electron chi connectivity index (χ4n) is 3.44. The normalized spacial score (nSPS) is 16.5. The van der Waals surface area contributed by atoms with Gasteiger partial charge in [0.05, 0.1) is 11.1 Å². The van der Waals surface area contributed by atoms with Gasteiger partial charge in [-0.25, -0.2) is 13.8 Å². The van der Waals surface area contributed by atoms with Gasteiger partial charge in [0.2, 0.25) is 15.9 Å². The second kappa shape index (κ2) is 9.51. The number of hydrogen-bond donors (Lipinski definition) is 1. The Kier molecular flexibility index (Phi) is 7.19. The number of carbonyl (C=O) groups is 1. The lowest BCUT2D eigenvalue weighted by molar-refractivity contribution is -0.126. The topological polar surface area (TPSA) is 78.8 Å². The van der Waals surface area contributed by atoms with E-state index in [4.69, 9.17) is 11.6 Å². The van der Waals surface area contributed by atoms with Gasteiger partial charge in [-0.3, -0.25) is 4.79 Å². The number of nitrogens with zero attached hydrogens (tertiary/aromatic N) is 2. The van der Waals surface area contributed by atoms with Crippen molar-refractivity contribution in [2.24, 2.45) is 11.0 Å². The van der Waals surface area contributed by atoms with Crippen LogP contribution in [0.5, 0.6) is 0 Å². The van der Waals surface area contributed by atoms with E-state index in [1.165, 1.54) is 22.0 Å². The van der Waals surface area contributed by atoms with Crippen LogP contribution in [0.3, 0.4) is 0 Å². The Hall–Kier alpha value is -2.22. The van der Waals surface area contributed by atoms with Crippen LogP contribution in [0, 0.1) is 5.92 Å². The molecule has 1 saturated heterocycles. The molecule has 0 aromatic heterocycles. The Morgan fingerprint density at radius 3 is 2.19 bits per heavy atom. The highest BCUT2D eigenvalue weighted by atomic mass is 35.5. The fraction of sp³-hybridized carbons (Fsp3) is 0.391. The number of rotatable bonds is 5. The van der Waals surface area contributed by atoms with Crippen molar-refractivity contribution in [1.29, 1.82) is 0 Å². The molecule has 166 valence electrons.